The van der Waals surface area contributed by atoms with E-state index in [0.717, 1.165) is 16.6 Å². The lowest BCUT2D eigenvalue weighted by Crippen LogP contribution is -2.41. The van der Waals surface area contributed by atoms with Crippen molar-refractivity contribution in [2.24, 2.45) is 0 Å². The van der Waals surface area contributed by atoms with Gasteiger partial charge in [-0.05, 0) is 85.6 Å². The third-order valence-corrected chi connectivity index (χ3v) is 7.85. The minimum atomic E-state index is -0.522. The molecule has 5 rings (SSSR count). The molecule has 0 aromatic heterocycles. The molecular formula is C29H33BN2O4. The molecule has 3 aromatic carbocycles. The number of carbonyl (C=O) groups is 1. The van der Waals surface area contributed by atoms with E-state index in [-0.39, 0.29) is 12.5 Å². The maximum absolute atomic E-state index is 12.7. The van der Waals surface area contributed by atoms with E-state index >= 15 is 0 Å². The third-order valence-electron chi connectivity index (χ3n) is 7.85. The maximum atomic E-state index is 12.7. The summed E-state index contributed by atoms with van der Waals surface area (Å²) in [5.74, 6) is 0.0206. The van der Waals surface area contributed by atoms with Crippen molar-refractivity contribution in [3.05, 3.63) is 82.9 Å². The van der Waals surface area contributed by atoms with E-state index < -0.39 is 24.4 Å². The molecule has 1 aliphatic heterocycles. The summed E-state index contributed by atoms with van der Waals surface area (Å²) in [5.41, 5.74) is 13.4. The Kier molecular flexibility index (Phi) is 6.09. The largest absolute Gasteiger partial charge is 0.495 e. The molecule has 2 aliphatic rings. The van der Waals surface area contributed by atoms with Gasteiger partial charge in [-0.3, -0.25) is 0 Å². The normalized spacial score (nSPS) is 17.5. The Hall–Kier alpha value is -3.29. The van der Waals surface area contributed by atoms with Gasteiger partial charge >= 0.3 is 13.2 Å². The Morgan fingerprint density at radius 1 is 0.972 bits per heavy atom. The predicted octanol–water partition coefficient (Wildman–Crippen LogP) is 4.92. The van der Waals surface area contributed by atoms with Gasteiger partial charge in [-0.1, -0.05) is 48.5 Å². The molecule has 1 saturated heterocycles. The smallest absolute Gasteiger partial charge is 0.449 e. The summed E-state index contributed by atoms with van der Waals surface area (Å²) < 4.78 is 18.1. The number of nitrogens with one attached hydrogen (secondary N) is 1. The van der Waals surface area contributed by atoms with Gasteiger partial charge in [-0.2, -0.15) is 0 Å². The number of nitrogen functional groups attached to an aromatic ring is 1. The monoisotopic (exact) mass is 484 g/mol. The van der Waals surface area contributed by atoms with Gasteiger partial charge in [0.1, 0.15) is 6.61 Å². The summed E-state index contributed by atoms with van der Waals surface area (Å²) in [6.07, 6.45) is -0.462. The fourth-order valence-electron chi connectivity index (χ4n) is 5.04. The average molecular weight is 484 g/mol. The summed E-state index contributed by atoms with van der Waals surface area (Å²) >= 11 is 0. The van der Waals surface area contributed by atoms with Crippen LogP contribution in [-0.2, 0) is 20.6 Å². The van der Waals surface area contributed by atoms with Gasteiger partial charge in [-0.15, -0.1) is 0 Å². The second kappa shape index (κ2) is 8.98. The lowest BCUT2D eigenvalue weighted by Gasteiger charge is -2.32. The highest BCUT2D eigenvalue weighted by molar-refractivity contribution is 6.62. The van der Waals surface area contributed by atoms with E-state index in [9.17, 15) is 4.79 Å². The number of amides is 1. The van der Waals surface area contributed by atoms with E-state index in [1.807, 2.05) is 71.0 Å². The topological polar surface area (TPSA) is 82.8 Å². The first-order valence-electron chi connectivity index (χ1n) is 12.4. The zero-order valence-electron chi connectivity index (χ0n) is 21.6. The highest BCUT2D eigenvalue weighted by atomic mass is 16.7. The van der Waals surface area contributed by atoms with Gasteiger partial charge in [0.05, 0.1) is 11.2 Å². The number of ether oxygens (including phenoxy) is 1. The van der Waals surface area contributed by atoms with Crippen LogP contribution in [0.25, 0.3) is 11.1 Å². The number of benzene rings is 3. The number of alkyl carbamates (subject to hydrolysis) is 1. The van der Waals surface area contributed by atoms with Crippen LogP contribution in [0, 0.1) is 6.92 Å². The molecule has 0 radical (unpaired) electrons. The van der Waals surface area contributed by atoms with Crippen molar-refractivity contribution in [1.29, 1.82) is 0 Å². The van der Waals surface area contributed by atoms with Gasteiger partial charge in [0.2, 0.25) is 0 Å². The van der Waals surface area contributed by atoms with Gasteiger partial charge in [-0.25, -0.2) is 4.79 Å². The number of carbonyl (C=O) groups excluding carboxylic acids is 1. The number of hydrogen-bond donors (Lipinski definition) is 2. The molecule has 0 saturated carbocycles. The highest BCUT2D eigenvalue weighted by Gasteiger charge is 2.52. The second-order valence-electron chi connectivity index (χ2n) is 10.7. The maximum Gasteiger partial charge on any atom is 0.495 e. The summed E-state index contributed by atoms with van der Waals surface area (Å²) in [5, 5.41) is 2.89. The highest BCUT2D eigenvalue weighted by Crippen LogP contribution is 2.44. The number of anilines is 1. The van der Waals surface area contributed by atoms with Gasteiger partial charge in [0.25, 0.3) is 0 Å². The quantitative estimate of drug-likeness (QED) is 0.397. The van der Waals surface area contributed by atoms with Crippen molar-refractivity contribution >= 4 is 24.4 Å². The molecule has 3 N–H and O–H groups in total. The van der Waals surface area contributed by atoms with Crippen LogP contribution < -0.4 is 16.5 Å². The van der Waals surface area contributed by atoms with Crippen molar-refractivity contribution in [2.45, 2.75) is 58.3 Å². The Balaban J connectivity index is 1.26. The Morgan fingerprint density at radius 3 is 2.11 bits per heavy atom. The molecule has 1 fully saturated rings. The van der Waals surface area contributed by atoms with Crippen molar-refractivity contribution in [3.63, 3.8) is 0 Å². The number of nitrogens with two attached hydrogens (primary N) is 1. The van der Waals surface area contributed by atoms with E-state index in [2.05, 4.69) is 29.6 Å². The first-order valence-corrected chi connectivity index (χ1v) is 12.4. The van der Waals surface area contributed by atoms with Crippen molar-refractivity contribution in [3.8, 4) is 11.1 Å². The second-order valence-corrected chi connectivity index (χ2v) is 10.7. The molecule has 0 bridgehead atoms. The number of hydrogen-bond acceptors (Lipinski definition) is 5. The summed E-state index contributed by atoms with van der Waals surface area (Å²) in [6, 6.07) is 20.3. The summed E-state index contributed by atoms with van der Waals surface area (Å²) in [6.45, 7) is 10.6. The minimum Gasteiger partial charge on any atom is -0.449 e. The number of rotatable bonds is 5. The van der Waals surface area contributed by atoms with Crippen LogP contribution in [0.1, 0.15) is 55.9 Å². The molecule has 36 heavy (non-hydrogen) atoms. The third kappa shape index (κ3) is 4.27. The molecule has 7 heteroatoms. The van der Waals surface area contributed by atoms with Crippen LogP contribution in [0.3, 0.4) is 0 Å². The molecule has 0 spiro atoms. The van der Waals surface area contributed by atoms with Gasteiger partial charge in [0, 0.05) is 18.2 Å². The SMILES string of the molecule is Cc1c(CNC(=O)OCC2c3ccccc3-c3ccccc32)cc(N)cc1B1OC(C)(C)C(C)(C)O1. The van der Waals surface area contributed by atoms with E-state index in [1.54, 1.807) is 0 Å². The van der Waals surface area contributed by atoms with Crippen molar-refractivity contribution < 1.29 is 18.8 Å². The molecule has 0 unspecified atom stereocenters. The molecule has 3 aromatic rings. The van der Waals surface area contributed by atoms with E-state index in [4.69, 9.17) is 19.8 Å². The van der Waals surface area contributed by atoms with Gasteiger partial charge in [0.15, 0.2) is 0 Å². The van der Waals surface area contributed by atoms with Gasteiger partial charge < -0.3 is 25.1 Å². The minimum absolute atomic E-state index is 0.0206. The lowest BCUT2D eigenvalue weighted by molar-refractivity contribution is 0.00578. The van der Waals surface area contributed by atoms with Crippen LogP contribution in [0.15, 0.2) is 60.7 Å². The van der Waals surface area contributed by atoms with E-state index in [0.29, 0.717) is 12.2 Å². The van der Waals surface area contributed by atoms with Crippen LogP contribution in [0.4, 0.5) is 10.5 Å². The zero-order chi connectivity index (χ0) is 25.7. The molecule has 0 atom stereocenters. The van der Waals surface area contributed by atoms with Crippen LogP contribution in [-0.4, -0.2) is 31.0 Å². The van der Waals surface area contributed by atoms with E-state index in [1.165, 1.54) is 22.3 Å². The summed E-state index contributed by atoms with van der Waals surface area (Å²) in [7, 11) is -0.522. The fraction of sp³-hybridized carbons (Fsp3) is 0.345. The van der Waals surface area contributed by atoms with Crippen LogP contribution in [0.2, 0.25) is 0 Å². The van der Waals surface area contributed by atoms with Crippen LogP contribution >= 0.6 is 0 Å². The molecular weight excluding hydrogens is 451 g/mol. The standard InChI is InChI=1S/C29H33BN2O4/c1-18-19(14-20(31)15-26(18)30-35-28(2,3)29(4,5)36-30)16-32-27(33)34-17-25-23-12-8-6-10-21(23)22-11-7-9-13-24(22)25/h6-15,25H,16-17,31H2,1-5H3,(H,32,33). The van der Waals surface area contributed by atoms with Crippen LogP contribution in [0.5, 0.6) is 0 Å². The first-order chi connectivity index (χ1) is 17.1. The Bertz CT molecular complexity index is 1260. The molecule has 1 heterocycles. The van der Waals surface area contributed by atoms with Crippen molar-refractivity contribution in [2.75, 3.05) is 12.3 Å². The number of fused-ring (bicyclic) bond motifs is 3. The molecule has 1 amide bonds. The fourth-order valence-corrected chi connectivity index (χ4v) is 5.04. The molecule has 186 valence electrons. The molecule has 1 aliphatic carbocycles. The van der Waals surface area contributed by atoms with Crippen molar-refractivity contribution in [1.82, 2.24) is 5.32 Å². The zero-order valence-corrected chi connectivity index (χ0v) is 21.6. The average Bonchev–Trinajstić information content (AvgIpc) is 3.27. The lowest BCUT2D eigenvalue weighted by atomic mass is 9.74. The predicted molar refractivity (Wildman–Crippen MR) is 143 cm³/mol. The Labute approximate surface area is 213 Å². The molecule has 6 nitrogen and oxygen atoms in total. The Morgan fingerprint density at radius 2 is 1.53 bits per heavy atom. The first kappa shape index (κ1) is 24.4. The summed E-state index contributed by atoms with van der Waals surface area (Å²) in [4.78, 5) is 12.7.